The molecule has 5 nitrogen and oxygen atoms in total. The van der Waals surface area contributed by atoms with Gasteiger partial charge in [0.25, 0.3) is 5.91 Å². The highest BCUT2D eigenvalue weighted by Crippen LogP contribution is 2.28. The highest BCUT2D eigenvalue weighted by molar-refractivity contribution is 6.00. The van der Waals surface area contributed by atoms with Crippen LogP contribution in [0.2, 0.25) is 0 Å². The predicted molar refractivity (Wildman–Crippen MR) is 66.9 cm³/mol. The third-order valence-corrected chi connectivity index (χ3v) is 2.18. The molecule has 18 heavy (non-hydrogen) atoms. The number of nitriles is 1. The topological polar surface area (TPSA) is 85.3 Å². The molecule has 1 amide bonds. The minimum atomic E-state index is -0.759. The van der Waals surface area contributed by atoms with Crippen molar-refractivity contribution in [3.8, 4) is 17.6 Å². The van der Waals surface area contributed by atoms with Gasteiger partial charge in [0.2, 0.25) is 0 Å². The Hall–Kier alpha value is -2.48. The third kappa shape index (κ3) is 3.25. The largest absolute Gasteiger partial charge is 0.493 e. The van der Waals surface area contributed by atoms with Crippen LogP contribution < -0.4 is 15.2 Å². The van der Waals surface area contributed by atoms with Gasteiger partial charge in [0.1, 0.15) is 11.6 Å². The first-order chi connectivity index (χ1) is 8.62. The SMILES string of the molecule is CCOc1ccc(/C=C(\C#N)C(N)=O)cc1OC. The molecular formula is C13H14N2O3. The molecule has 0 saturated carbocycles. The minimum absolute atomic E-state index is 0.110. The second-order valence-corrected chi connectivity index (χ2v) is 3.38. The maximum absolute atomic E-state index is 10.9. The zero-order valence-electron chi connectivity index (χ0n) is 10.3. The molecule has 0 aromatic heterocycles. The average Bonchev–Trinajstić information content (AvgIpc) is 2.37. The van der Waals surface area contributed by atoms with Crippen LogP contribution in [0.5, 0.6) is 11.5 Å². The van der Waals surface area contributed by atoms with E-state index in [4.69, 9.17) is 20.5 Å². The molecule has 0 heterocycles. The van der Waals surface area contributed by atoms with Gasteiger partial charge in [-0.25, -0.2) is 0 Å². The Labute approximate surface area is 105 Å². The van der Waals surface area contributed by atoms with E-state index in [-0.39, 0.29) is 5.57 Å². The zero-order chi connectivity index (χ0) is 13.5. The number of carbonyl (C=O) groups is 1. The number of primary amides is 1. The van der Waals surface area contributed by atoms with Crippen LogP contribution in [0, 0.1) is 11.3 Å². The summed E-state index contributed by atoms with van der Waals surface area (Å²) in [6, 6.07) is 6.84. The Morgan fingerprint density at radius 3 is 2.72 bits per heavy atom. The molecule has 0 fully saturated rings. The first-order valence-corrected chi connectivity index (χ1v) is 5.34. The number of ether oxygens (including phenoxy) is 2. The first-order valence-electron chi connectivity index (χ1n) is 5.34. The van der Waals surface area contributed by atoms with E-state index in [1.54, 1.807) is 24.3 Å². The second kappa shape index (κ2) is 6.30. The number of hydrogen-bond acceptors (Lipinski definition) is 4. The predicted octanol–water partition coefficient (Wildman–Crippen LogP) is 1.49. The molecule has 1 rings (SSSR count). The van der Waals surface area contributed by atoms with Crippen LogP contribution in [0.3, 0.4) is 0 Å². The smallest absolute Gasteiger partial charge is 0.259 e. The van der Waals surface area contributed by atoms with Crippen molar-refractivity contribution in [1.82, 2.24) is 0 Å². The maximum Gasteiger partial charge on any atom is 0.259 e. The molecule has 0 aliphatic carbocycles. The lowest BCUT2D eigenvalue weighted by molar-refractivity contribution is -0.114. The van der Waals surface area contributed by atoms with Gasteiger partial charge >= 0.3 is 0 Å². The molecule has 94 valence electrons. The summed E-state index contributed by atoms with van der Waals surface area (Å²) in [5.41, 5.74) is 5.59. The van der Waals surface area contributed by atoms with E-state index >= 15 is 0 Å². The van der Waals surface area contributed by atoms with Crippen molar-refractivity contribution in [3.05, 3.63) is 29.3 Å². The minimum Gasteiger partial charge on any atom is -0.493 e. The van der Waals surface area contributed by atoms with E-state index in [1.807, 2.05) is 6.92 Å². The molecule has 0 radical (unpaired) electrons. The Kier molecular flexibility index (Phi) is 4.76. The fourth-order valence-corrected chi connectivity index (χ4v) is 1.37. The van der Waals surface area contributed by atoms with Crippen LogP contribution in [0.1, 0.15) is 12.5 Å². The van der Waals surface area contributed by atoms with Crippen LogP contribution in [-0.2, 0) is 4.79 Å². The van der Waals surface area contributed by atoms with Gasteiger partial charge in [-0.15, -0.1) is 0 Å². The summed E-state index contributed by atoms with van der Waals surface area (Å²) in [6.45, 7) is 2.39. The molecule has 0 atom stereocenters. The molecule has 5 heteroatoms. The molecule has 0 bridgehead atoms. The highest BCUT2D eigenvalue weighted by Gasteiger charge is 2.07. The molecule has 0 aliphatic heterocycles. The van der Waals surface area contributed by atoms with E-state index in [2.05, 4.69) is 0 Å². The lowest BCUT2D eigenvalue weighted by Crippen LogP contribution is -2.12. The van der Waals surface area contributed by atoms with E-state index in [0.29, 0.717) is 23.7 Å². The first kappa shape index (κ1) is 13.6. The molecule has 0 spiro atoms. The average molecular weight is 246 g/mol. The quantitative estimate of drug-likeness (QED) is 0.630. The Balaban J connectivity index is 3.13. The molecular weight excluding hydrogens is 232 g/mol. The fourth-order valence-electron chi connectivity index (χ4n) is 1.37. The number of carbonyl (C=O) groups excluding carboxylic acids is 1. The van der Waals surface area contributed by atoms with Crippen LogP contribution >= 0.6 is 0 Å². The summed E-state index contributed by atoms with van der Waals surface area (Å²) < 4.78 is 10.5. The molecule has 1 aromatic rings. The van der Waals surface area contributed by atoms with Crippen molar-refractivity contribution in [1.29, 1.82) is 5.26 Å². The lowest BCUT2D eigenvalue weighted by Gasteiger charge is -2.09. The summed E-state index contributed by atoms with van der Waals surface area (Å²) >= 11 is 0. The van der Waals surface area contributed by atoms with Gasteiger partial charge in [-0.05, 0) is 30.7 Å². The van der Waals surface area contributed by atoms with Gasteiger partial charge < -0.3 is 15.2 Å². The van der Waals surface area contributed by atoms with Gasteiger partial charge in [-0.3, -0.25) is 4.79 Å². The number of nitrogens with zero attached hydrogens (tertiary/aromatic N) is 1. The maximum atomic E-state index is 10.9. The number of hydrogen-bond donors (Lipinski definition) is 1. The third-order valence-electron chi connectivity index (χ3n) is 2.18. The summed E-state index contributed by atoms with van der Waals surface area (Å²) in [5.74, 6) is 0.382. The molecule has 0 unspecified atom stereocenters. The molecule has 0 aliphatic rings. The zero-order valence-corrected chi connectivity index (χ0v) is 10.3. The number of benzene rings is 1. The van der Waals surface area contributed by atoms with Crippen molar-refractivity contribution in [3.63, 3.8) is 0 Å². The summed E-state index contributed by atoms with van der Waals surface area (Å²) in [5, 5.41) is 8.75. The summed E-state index contributed by atoms with van der Waals surface area (Å²) in [7, 11) is 1.52. The Morgan fingerprint density at radius 2 is 2.22 bits per heavy atom. The van der Waals surface area contributed by atoms with E-state index in [0.717, 1.165) is 0 Å². The lowest BCUT2D eigenvalue weighted by atomic mass is 10.1. The van der Waals surface area contributed by atoms with Gasteiger partial charge in [0.05, 0.1) is 13.7 Å². The van der Waals surface area contributed by atoms with Gasteiger partial charge in [-0.2, -0.15) is 5.26 Å². The van der Waals surface area contributed by atoms with E-state index in [9.17, 15) is 4.79 Å². The van der Waals surface area contributed by atoms with Crippen LogP contribution in [0.15, 0.2) is 23.8 Å². The second-order valence-electron chi connectivity index (χ2n) is 3.38. The van der Waals surface area contributed by atoms with Gasteiger partial charge in [0.15, 0.2) is 11.5 Å². The molecule has 1 aromatic carbocycles. The molecule has 0 saturated heterocycles. The van der Waals surface area contributed by atoms with Crippen LogP contribution in [0.25, 0.3) is 6.08 Å². The number of methoxy groups -OCH3 is 1. The van der Waals surface area contributed by atoms with E-state index < -0.39 is 5.91 Å². The van der Waals surface area contributed by atoms with Crippen molar-refractivity contribution < 1.29 is 14.3 Å². The normalized spacial score (nSPS) is 10.6. The number of nitrogens with two attached hydrogens (primary N) is 1. The standard InChI is InChI=1S/C13H14N2O3/c1-3-18-11-5-4-9(7-12(11)17-2)6-10(8-14)13(15)16/h4-7H,3H2,1-2H3,(H2,15,16)/b10-6+. The van der Waals surface area contributed by atoms with E-state index in [1.165, 1.54) is 13.2 Å². The highest BCUT2D eigenvalue weighted by atomic mass is 16.5. The van der Waals surface area contributed by atoms with Crippen molar-refractivity contribution in [2.75, 3.05) is 13.7 Å². The van der Waals surface area contributed by atoms with Crippen LogP contribution in [-0.4, -0.2) is 19.6 Å². The van der Waals surface area contributed by atoms with Gasteiger partial charge in [-0.1, -0.05) is 6.07 Å². The summed E-state index contributed by atoms with van der Waals surface area (Å²) in [4.78, 5) is 10.9. The Bertz CT molecular complexity index is 515. The van der Waals surface area contributed by atoms with Gasteiger partial charge in [0, 0.05) is 0 Å². The van der Waals surface area contributed by atoms with Crippen molar-refractivity contribution in [2.24, 2.45) is 5.73 Å². The van der Waals surface area contributed by atoms with Crippen molar-refractivity contribution in [2.45, 2.75) is 6.92 Å². The monoisotopic (exact) mass is 246 g/mol. The Morgan fingerprint density at radius 1 is 1.50 bits per heavy atom. The number of rotatable bonds is 5. The summed E-state index contributed by atoms with van der Waals surface area (Å²) in [6.07, 6.45) is 1.40. The molecule has 2 N–H and O–H groups in total. The van der Waals surface area contributed by atoms with Crippen LogP contribution in [0.4, 0.5) is 0 Å². The fraction of sp³-hybridized carbons (Fsp3) is 0.231. The number of amides is 1. The van der Waals surface area contributed by atoms with Crippen molar-refractivity contribution >= 4 is 12.0 Å².